The highest BCUT2D eigenvalue weighted by molar-refractivity contribution is 7.16. The van der Waals surface area contributed by atoms with Crippen LogP contribution in [0.25, 0.3) is 0 Å². The van der Waals surface area contributed by atoms with E-state index in [0.717, 1.165) is 12.4 Å². The summed E-state index contributed by atoms with van der Waals surface area (Å²) in [6.45, 7) is 3.33. The van der Waals surface area contributed by atoms with Crippen molar-refractivity contribution in [3.8, 4) is 6.07 Å². The number of hydrogen-bond acceptors (Lipinski definition) is 6. The molecular weight excluding hydrogens is 260 g/mol. The number of nitrogens with one attached hydrogen (secondary N) is 1. The molecule has 2 aromatic rings. The van der Waals surface area contributed by atoms with Crippen LogP contribution >= 0.6 is 22.9 Å². The van der Waals surface area contributed by atoms with Gasteiger partial charge in [0.15, 0.2) is 16.1 Å². The van der Waals surface area contributed by atoms with Gasteiger partial charge in [-0.25, -0.2) is 4.98 Å². The SMILES string of the molecule is CCn1cnnc1CNc1nc(Cl)c(C#N)s1. The zero-order valence-corrected chi connectivity index (χ0v) is 10.6. The van der Waals surface area contributed by atoms with Gasteiger partial charge in [0.1, 0.15) is 17.3 Å². The van der Waals surface area contributed by atoms with Crippen molar-refractivity contribution in [2.45, 2.75) is 20.0 Å². The number of halogens is 1. The second kappa shape index (κ2) is 5.12. The minimum Gasteiger partial charge on any atom is -0.354 e. The summed E-state index contributed by atoms with van der Waals surface area (Å²) in [6, 6.07) is 1.98. The first-order valence-electron chi connectivity index (χ1n) is 4.91. The highest BCUT2D eigenvalue weighted by atomic mass is 35.5. The van der Waals surface area contributed by atoms with Crippen molar-refractivity contribution in [1.82, 2.24) is 19.7 Å². The van der Waals surface area contributed by atoms with E-state index in [0.29, 0.717) is 16.6 Å². The van der Waals surface area contributed by atoms with Gasteiger partial charge in [-0.1, -0.05) is 22.9 Å². The van der Waals surface area contributed by atoms with Crippen molar-refractivity contribution in [2.24, 2.45) is 0 Å². The van der Waals surface area contributed by atoms with Gasteiger partial charge in [0, 0.05) is 6.54 Å². The number of rotatable bonds is 4. The lowest BCUT2D eigenvalue weighted by Gasteiger charge is -2.03. The van der Waals surface area contributed by atoms with Gasteiger partial charge in [-0.2, -0.15) is 5.26 Å². The average Bonchev–Trinajstić information content (AvgIpc) is 2.92. The Morgan fingerprint density at radius 1 is 1.65 bits per heavy atom. The molecule has 0 spiro atoms. The Kier molecular flexibility index (Phi) is 3.56. The smallest absolute Gasteiger partial charge is 0.185 e. The predicted octanol–water partition coefficient (Wildman–Crippen LogP) is 1.89. The Labute approximate surface area is 107 Å². The monoisotopic (exact) mass is 268 g/mol. The molecule has 6 nitrogen and oxygen atoms in total. The molecule has 2 heterocycles. The Hall–Kier alpha value is -1.65. The number of anilines is 1. The van der Waals surface area contributed by atoms with Crippen LogP contribution in [0.1, 0.15) is 17.6 Å². The molecule has 2 rings (SSSR count). The number of nitrogens with zero attached hydrogens (tertiary/aromatic N) is 5. The van der Waals surface area contributed by atoms with Gasteiger partial charge in [-0.15, -0.1) is 10.2 Å². The minimum atomic E-state index is 0.233. The number of nitriles is 1. The molecule has 0 aliphatic rings. The third-order valence-electron chi connectivity index (χ3n) is 2.12. The zero-order valence-electron chi connectivity index (χ0n) is 9.01. The highest BCUT2D eigenvalue weighted by Crippen LogP contribution is 2.25. The first-order valence-corrected chi connectivity index (χ1v) is 6.11. The lowest BCUT2D eigenvalue weighted by molar-refractivity contribution is 0.708. The van der Waals surface area contributed by atoms with Crippen molar-refractivity contribution in [1.29, 1.82) is 5.26 Å². The molecule has 8 heteroatoms. The van der Waals surface area contributed by atoms with Crippen LogP contribution in [0.15, 0.2) is 6.33 Å². The fourth-order valence-corrected chi connectivity index (χ4v) is 2.22. The molecule has 0 saturated heterocycles. The molecule has 1 N–H and O–H groups in total. The number of aromatic nitrogens is 4. The molecule has 0 bridgehead atoms. The molecule has 0 unspecified atom stereocenters. The highest BCUT2D eigenvalue weighted by Gasteiger charge is 2.09. The third-order valence-corrected chi connectivity index (χ3v) is 3.42. The summed E-state index contributed by atoms with van der Waals surface area (Å²) in [7, 11) is 0. The molecule has 0 amide bonds. The van der Waals surface area contributed by atoms with Gasteiger partial charge in [0.25, 0.3) is 0 Å². The summed E-state index contributed by atoms with van der Waals surface area (Å²) in [5, 5.41) is 20.5. The van der Waals surface area contributed by atoms with Gasteiger partial charge < -0.3 is 9.88 Å². The van der Waals surface area contributed by atoms with E-state index in [1.54, 1.807) is 6.33 Å². The van der Waals surface area contributed by atoms with Gasteiger partial charge in [0.05, 0.1) is 6.54 Å². The summed E-state index contributed by atoms with van der Waals surface area (Å²) in [6.07, 6.45) is 1.67. The molecule has 0 aromatic carbocycles. The maximum absolute atomic E-state index is 8.75. The summed E-state index contributed by atoms with van der Waals surface area (Å²) in [5.41, 5.74) is 0. The van der Waals surface area contributed by atoms with E-state index in [-0.39, 0.29) is 5.15 Å². The summed E-state index contributed by atoms with van der Waals surface area (Å²) in [4.78, 5) is 4.44. The van der Waals surface area contributed by atoms with E-state index in [4.69, 9.17) is 16.9 Å². The maximum Gasteiger partial charge on any atom is 0.185 e. The van der Waals surface area contributed by atoms with Crippen molar-refractivity contribution < 1.29 is 0 Å². The van der Waals surface area contributed by atoms with Crippen LogP contribution in [0.4, 0.5) is 5.13 Å². The van der Waals surface area contributed by atoms with Crippen LogP contribution in [0.5, 0.6) is 0 Å². The van der Waals surface area contributed by atoms with Crippen LogP contribution in [-0.2, 0) is 13.1 Å². The lowest BCUT2D eigenvalue weighted by Crippen LogP contribution is -2.07. The van der Waals surface area contributed by atoms with Gasteiger partial charge in [0.2, 0.25) is 0 Å². The fraction of sp³-hybridized carbons (Fsp3) is 0.333. The first kappa shape index (κ1) is 11.8. The molecule has 0 atom stereocenters. The molecule has 0 aliphatic carbocycles. The van der Waals surface area contributed by atoms with E-state index in [1.165, 1.54) is 11.3 Å². The van der Waals surface area contributed by atoms with E-state index in [2.05, 4.69) is 20.5 Å². The molecule has 88 valence electrons. The molecule has 2 aromatic heterocycles. The second-order valence-electron chi connectivity index (χ2n) is 3.14. The van der Waals surface area contributed by atoms with E-state index < -0.39 is 0 Å². The van der Waals surface area contributed by atoms with Crippen LogP contribution in [-0.4, -0.2) is 19.7 Å². The minimum absolute atomic E-state index is 0.233. The molecule has 0 saturated carbocycles. The third kappa shape index (κ3) is 2.54. The predicted molar refractivity (Wildman–Crippen MR) is 64.9 cm³/mol. The first-order chi connectivity index (χ1) is 8.24. The quantitative estimate of drug-likeness (QED) is 0.916. The normalized spacial score (nSPS) is 10.2. The largest absolute Gasteiger partial charge is 0.354 e. The van der Waals surface area contributed by atoms with Crippen molar-refractivity contribution in [3.63, 3.8) is 0 Å². The van der Waals surface area contributed by atoms with E-state index in [9.17, 15) is 0 Å². The Balaban J connectivity index is 2.05. The Morgan fingerprint density at radius 3 is 3.12 bits per heavy atom. The van der Waals surface area contributed by atoms with Crippen molar-refractivity contribution >= 4 is 28.1 Å². The number of hydrogen-bond donors (Lipinski definition) is 1. The zero-order chi connectivity index (χ0) is 12.3. The van der Waals surface area contributed by atoms with Crippen molar-refractivity contribution in [2.75, 3.05) is 5.32 Å². The van der Waals surface area contributed by atoms with Crippen molar-refractivity contribution in [3.05, 3.63) is 22.2 Å². The maximum atomic E-state index is 8.75. The fourth-order valence-electron chi connectivity index (χ4n) is 1.28. The number of aryl methyl sites for hydroxylation is 1. The summed E-state index contributed by atoms with van der Waals surface area (Å²) >= 11 is 6.99. The van der Waals surface area contributed by atoms with Crippen LogP contribution in [0.3, 0.4) is 0 Å². The van der Waals surface area contributed by atoms with Crippen LogP contribution in [0.2, 0.25) is 5.15 Å². The molecule has 0 aliphatic heterocycles. The van der Waals surface area contributed by atoms with Crippen LogP contribution in [0, 0.1) is 11.3 Å². The summed E-state index contributed by atoms with van der Waals surface area (Å²) < 4.78 is 1.92. The average molecular weight is 269 g/mol. The molecule has 0 radical (unpaired) electrons. The Morgan fingerprint density at radius 2 is 2.47 bits per heavy atom. The second-order valence-corrected chi connectivity index (χ2v) is 4.49. The van der Waals surface area contributed by atoms with Gasteiger partial charge >= 0.3 is 0 Å². The van der Waals surface area contributed by atoms with Gasteiger partial charge in [-0.05, 0) is 6.92 Å². The van der Waals surface area contributed by atoms with Gasteiger partial charge in [-0.3, -0.25) is 0 Å². The topological polar surface area (TPSA) is 79.4 Å². The standard InChI is InChI=1S/C9H9ClN6S/c1-2-16-5-13-15-7(16)4-12-9-14-8(10)6(3-11)17-9/h5H,2,4H2,1H3,(H,12,14). The van der Waals surface area contributed by atoms with Crippen LogP contribution < -0.4 is 5.32 Å². The lowest BCUT2D eigenvalue weighted by atomic mass is 10.5. The van der Waals surface area contributed by atoms with E-state index >= 15 is 0 Å². The number of thiazole rings is 1. The molecule has 0 fully saturated rings. The van der Waals surface area contributed by atoms with E-state index in [1.807, 2.05) is 17.6 Å². The molecular formula is C9H9ClN6S. The molecule has 17 heavy (non-hydrogen) atoms. The Bertz CT molecular complexity index is 554. The summed E-state index contributed by atoms with van der Waals surface area (Å²) in [5.74, 6) is 0.817.